The van der Waals surface area contributed by atoms with Crippen molar-refractivity contribution in [1.29, 1.82) is 0 Å². The topological polar surface area (TPSA) is 23.5 Å². The Bertz CT molecular complexity index is 125. The average Bonchev–Trinajstić information content (AvgIpc) is 1.94. The number of hydrogen-bond donors (Lipinski definition) is 1. The monoisotopic (exact) mass is 157 g/mol. The standard InChI is InChI=1S/C9H19NO/c1-7(2)10-6-9(11)5-4-8(10)3/h7-9,11H,4-6H2,1-3H3/t8-,9-/m0/s1. The zero-order chi connectivity index (χ0) is 8.43. The van der Waals surface area contributed by atoms with Crippen molar-refractivity contribution in [1.82, 2.24) is 4.90 Å². The molecule has 1 saturated heterocycles. The first kappa shape index (κ1) is 9.01. The first-order valence-electron chi connectivity index (χ1n) is 4.55. The molecule has 0 unspecified atom stereocenters. The summed E-state index contributed by atoms with van der Waals surface area (Å²) >= 11 is 0. The highest BCUT2D eigenvalue weighted by atomic mass is 16.3. The first-order chi connectivity index (χ1) is 5.11. The van der Waals surface area contributed by atoms with Crippen LogP contribution in [0.3, 0.4) is 0 Å². The molecule has 0 aromatic carbocycles. The van der Waals surface area contributed by atoms with Crippen LogP contribution in [-0.2, 0) is 0 Å². The van der Waals surface area contributed by atoms with Crippen LogP contribution in [0.5, 0.6) is 0 Å². The quantitative estimate of drug-likeness (QED) is 0.619. The van der Waals surface area contributed by atoms with E-state index in [0.717, 1.165) is 19.4 Å². The molecular weight excluding hydrogens is 138 g/mol. The first-order valence-corrected chi connectivity index (χ1v) is 4.55. The molecule has 2 nitrogen and oxygen atoms in total. The van der Waals surface area contributed by atoms with Crippen LogP contribution in [0.2, 0.25) is 0 Å². The number of β-amino-alcohol motifs (C(OH)–C–C–N with tert-alkyl or cyclic N) is 1. The zero-order valence-corrected chi connectivity index (χ0v) is 7.75. The summed E-state index contributed by atoms with van der Waals surface area (Å²) < 4.78 is 0. The smallest absolute Gasteiger partial charge is 0.0667 e. The maximum Gasteiger partial charge on any atom is 0.0667 e. The molecule has 0 aliphatic carbocycles. The second-order valence-corrected chi connectivity index (χ2v) is 3.87. The molecule has 0 spiro atoms. The van der Waals surface area contributed by atoms with E-state index in [0.29, 0.717) is 12.1 Å². The predicted molar refractivity (Wildman–Crippen MR) is 46.5 cm³/mol. The van der Waals surface area contributed by atoms with Crippen molar-refractivity contribution in [3.05, 3.63) is 0 Å². The summed E-state index contributed by atoms with van der Waals surface area (Å²) in [6, 6.07) is 1.22. The molecule has 11 heavy (non-hydrogen) atoms. The van der Waals surface area contributed by atoms with Crippen LogP contribution in [-0.4, -0.2) is 34.7 Å². The summed E-state index contributed by atoms with van der Waals surface area (Å²) in [6.45, 7) is 7.48. The van der Waals surface area contributed by atoms with Gasteiger partial charge in [-0.3, -0.25) is 4.90 Å². The minimum Gasteiger partial charge on any atom is -0.392 e. The summed E-state index contributed by atoms with van der Waals surface area (Å²) in [5.74, 6) is 0. The Labute approximate surface area is 69.2 Å². The molecule has 0 aromatic heterocycles. The second-order valence-electron chi connectivity index (χ2n) is 3.87. The van der Waals surface area contributed by atoms with Crippen molar-refractivity contribution in [2.75, 3.05) is 6.54 Å². The van der Waals surface area contributed by atoms with Crippen molar-refractivity contribution in [3.63, 3.8) is 0 Å². The van der Waals surface area contributed by atoms with Gasteiger partial charge >= 0.3 is 0 Å². The molecule has 66 valence electrons. The molecule has 1 rings (SSSR count). The van der Waals surface area contributed by atoms with Crippen LogP contribution in [0.1, 0.15) is 33.6 Å². The van der Waals surface area contributed by atoms with Gasteiger partial charge in [-0.2, -0.15) is 0 Å². The summed E-state index contributed by atoms with van der Waals surface area (Å²) in [6.07, 6.45) is 2.03. The molecule has 1 aliphatic heterocycles. The molecule has 1 heterocycles. The van der Waals surface area contributed by atoms with Crippen LogP contribution in [0.25, 0.3) is 0 Å². The van der Waals surface area contributed by atoms with Crippen LogP contribution in [0, 0.1) is 0 Å². The third kappa shape index (κ3) is 2.17. The Morgan fingerprint density at radius 1 is 1.36 bits per heavy atom. The van der Waals surface area contributed by atoms with E-state index < -0.39 is 0 Å². The van der Waals surface area contributed by atoms with Crippen LogP contribution >= 0.6 is 0 Å². The molecule has 1 aliphatic rings. The fourth-order valence-electron chi connectivity index (χ4n) is 1.83. The van der Waals surface area contributed by atoms with Crippen molar-refractivity contribution < 1.29 is 5.11 Å². The van der Waals surface area contributed by atoms with Gasteiger partial charge in [0.15, 0.2) is 0 Å². The van der Waals surface area contributed by atoms with E-state index in [4.69, 9.17) is 0 Å². The minimum absolute atomic E-state index is 0.0893. The van der Waals surface area contributed by atoms with Gasteiger partial charge in [0, 0.05) is 18.6 Å². The number of hydrogen-bond acceptors (Lipinski definition) is 2. The normalized spacial score (nSPS) is 34.6. The lowest BCUT2D eigenvalue weighted by Crippen LogP contribution is -2.47. The fourth-order valence-corrected chi connectivity index (χ4v) is 1.83. The molecule has 0 saturated carbocycles. The number of aliphatic hydroxyl groups is 1. The van der Waals surface area contributed by atoms with Gasteiger partial charge in [0.2, 0.25) is 0 Å². The molecule has 0 bridgehead atoms. The highest BCUT2D eigenvalue weighted by molar-refractivity contribution is 4.80. The van der Waals surface area contributed by atoms with E-state index >= 15 is 0 Å². The third-order valence-electron chi connectivity index (χ3n) is 2.57. The maximum absolute atomic E-state index is 9.40. The van der Waals surface area contributed by atoms with Gasteiger partial charge in [0.05, 0.1) is 6.10 Å². The zero-order valence-electron chi connectivity index (χ0n) is 7.75. The number of aliphatic hydroxyl groups excluding tert-OH is 1. The van der Waals surface area contributed by atoms with E-state index in [1.807, 2.05) is 0 Å². The van der Waals surface area contributed by atoms with Crippen molar-refractivity contribution in [3.8, 4) is 0 Å². The molecule has 0 aromatic rings. The van der Waals surface area contributed by atoms with Crippen LogP contribution in [0.15, 0.2) is 0 Å². The molecule has 1 N–H and O–H groups in total. The van der Waals surface area contributed by atoms with Crippen LogP contribution in [0.4, 0.5) is 0 Å². The number of nitrogens with zero attached hydrogens (tertiary/aromatic N) is 1. The van der Waals surface area contributed by atoms with Gasteiger partial charge in [-0.1, -0.05) is 0 Å². The second kappa shape index (κ2) is 3.55. The van der Waals surface area contributed by atoms with Gasteiger partial charge in [-0.25, -0.2) is 0 Å². The largest absolute Gasteiger partial charge is 0.392 e. The van der Waals surface area contributed by atoms with Crippen LogP contribution < -0.4 is 0 Å². The van der Waals surface area contributed by atoms with Crippen molar-refractivity contribution >= 4 is 0 Å². The number of piperidine rings is 1. The fraction of sp³-hybridized carbons (Fsp3) is 1.00. The molecule has 1 fully saturated rings. The Hall–Kier alpha value is -0.0800. The molecule has 0 amide bonds. The van der Waals surface area contributed by atoms with Gasteiger partial charge < -0.3 is 5.11 Å². The number of likely N-dealkylation sites (tertiary alicyclic amines) is 1. The Morgan fingerprint density at radius 2 is 2.00 bits per heavy atom. The van der Waals surface area contributed by atoms with E-state index in [2.05, 4.69) is 25.7 Å². The maximum atomic E-state index is 9.40. The van der Waals surface area contributed by atoms with E-state index in [-0.39, 0.29) is 6.10 Å². The third-order valence-corrected chi connectivity index (χ3v) is 2.57. The van der Waals surface area contributed by atoms with Gasteiger partial charge in [-0.15, -0.1) is 0 Å². The van der Waals surface area contributed by atoms with E-state index in [1.165, 1.54) is 0 Å². The minimum atomic E-state index is -0.0893. The lowest BCUT2D eigenvalue weighted by atomic mass is 10.00. The van der Waals surface area contributed by atoms with Gasteiger partial charge in [0.1, 0.15) is 0 Å². The lowest BCUT2D eigenvalue weighted by Gasteiger charge is -2.38. The Balaban J connectivity index is 2.47. The lowest BCUT2D eigenvalue weighted by molar-refractivity contribution is 0.0234. The summed E-state index contributed by atoms with van der Waals surface area (Å²) in [4.78, 5) is 2.37. The van der Waals surface area contributed by atoms with E-state index in [1.54, 1.807) is 0 Å². The highest BCUT2D eigenvalue weighted by Crippen LogP contribution is 2.18. The Kier molecular flexibility index (Phi) is 2.90. The van der Waals surface area contributed by atoms with Crippen molar-refractivity contribution in [2.24, 2.45) is 0 Å². The SMILES string of the molecule is CC(C)N1C[C@@H](O)CC[C@@H]1C. The number of rotatable bonds is 1. The average molecular weight is 157 g/mol. The molecule has 0 radical (unpaired) electrons. The summed E-state index contributed by atoms with van der Waals surface area (Å²) in [7, 11) is 0. The van der Waals surface area contributed by atoms with Gasteiger partial charge in [0.25, 0.3) is 0 Å². The Morgan fingerprint density at radius 3 is 2.45 bits per heavy atom. The van der Waals surface area contributed by atoms with E-state index in [9.17, 15) is 5.11 Å². The summed E-state index contributed by atoms with van der Waals surface area (Å²) in [5, 5.41) is 9.40. The molecule has 2 atom stereocenters. The van der Waals surface area contributed by atoms with Gasteiger partial charge in [-0.05, 0) is 33.6 Å². The molecule has 2 heteroatoms. The predicted octanol–water partition coefficient (Wildman–Crippen LogP) is 1.24. The highest BCUT2D eigenvalue weighted by Gasteiger charge is 2.25. The van der Waals surface area contributed by atoms with Crippen molar-refractivity contribution in [2.45, 2.75) is 51.8 Å². The molecular formula is C9H19NO. The summed E-state index contributed by atoms with van der Waals surface area (Å²) in [5.41, 5.74) is 0.